The fourth-order valence-electron chi connectivity index (χ4n) is 3.36. The summed E-state index contributed by atoms with van der Waals surface area (Å²) < 4.78 is 13.9. The van der Waals surface area contributed by atoms with Gasteiger partial charge in [-0.05, 0) is 48.4 Å². The molecule has 0 fully saturated rings. The molecule has 8 heteroatoms. The number of rotatable bonds is 4. The van der Waals surface area contributed by atoms with E-state index in [0.717, 1.165) is 27.1 Å². The molecule has 3 heterocycles. The van der Waals surface area contributed by atoms with E-state index < -0.39 is 0 Å². The molecular formula is C23H18BrN3O3S. The van der Waals surface area contributed by atoms with E-state index in [1.165, 1.54) is 11.8 Å². The summed E-state index contributed by atoms with van der Waals surface area (Å²) in [6, 6.07) is 15.1. The van der Waals surface area contributed by atoms with Gasteiger partial charge in [0.1, 0.15) is 19.0 Å². The van der Waals surface area contributed by atoms with Crippen LogP contribution in [0.4, 0.5) is 0 Å². The first-order valence-electron chi connectivity index (χ1n) is 9.76. The molecule has 4 aromatic rings. The Morgan fingerprint density at radius 1 is 1.10 bits per heavy atom. The molecule has 0 bridgehead atoms. The molecule has 31 heavy (non-hydrogen) atoms. The summed E-state index contributed by atoms with van der Waals surface area (Å²) in [6.45, 7) is 3.05. The number of benzene rings is 2. The minimum atomic E-state index is -0.134. The van der Waals surface area contributed by atoms with E-state index in [9.17, 15) is 4.79 Å². The highest BCUT2D eigenvalue weighted by Gasteiger charge is 2.18. The van der Waals surface area contributed by atoms with Gasteiger partial charge in [0.05, 0.1) is 10.9 Å². The Hall–Kier alpha value is -2.84. The average Bonchev–Trinajstić information content (AvgIpc) is 2.79. The third-order valence-electron chi connectivity index (χ3n) is 4.94. The van der Waals surface area contributed by atoms with Crippen LogP contribution in [0.5, 0.6) is 11.5 Å². The smallest absolute Gasteiger partial charge is 0.267 e. The van der Waals surface area contributed by atoms with Crippen LogP contribution in [-0.2, 0) is 5.75 Å². The quantitative estimate of drug-likeness (QED) is 0.295. The standard InChI is InChI=1S/C23H18BrN3O3S/c1-14-6-7-21(25-12-14)27-22(28)16-4-2-3-5-18(16)26-23(27)31-13-15-10-19-20(11-17(15)24)30-9-8-29-19/h2-7,10-12H,8-9,13H2,1H3. The summed E-state index contributed by atoms with van der Waals surface area (Å²) in [5.41, 5.74) is 2.59. The fourth-order valence-corrected chi connectivity index (χ4v) is 5.00. The molecule has 0 atom stereocenters. The third-order valence-corrected chi connectivity index (χ3v) is 6.66. The molecule has 0 radical (unpaired) electrons. The largest absolute Gasteiger partial charge is 0.486 e. The van der Waals surface area contributed by atoms with Crippen molar-refractivity contribution in [1.29, 1.82) is 0 Å². The first-order valence-corrected chi connectivity index (χ1v) is 11.5. The normalized spacial score (nSPS) is 12.8. The van der Waals surface area contributed by atoms with Crippen molar-refractivity contribution in [3.63, 3.8) is 0 Å². The van der Waals surface area contributed by atoms with E-state index in [1.54, 1.807) is 16.8 Å². The summed E-state index contributed by atoms with van der Waals surface area (Å²) in [5.74, 6) is 2.61. The van der Waals surface area contributed by atoms with E-state index in [1.807, 2.05) is 49.4 Å². The molecule has 0 N–H and O–H groups in total. The average molecular weight is 496 g/mol. The maximum atomic E-state index is 13.3. The van der Waals surface area contributed by atoms with Crippen molar-refractivity contribution in [3.05, 3.63) is 80.7 Å². The molecule has 156 valence electrons. The van der Waals surface area contributed by atoms with Crippen molar-refractivity contribution in [3.8, 4) is 17.3 Å². The lowest BCUT2D eigenvalue weighted by molar-refractivity contribution is 0.171. The Morgan fingerprint density at radius 2 is 1.87 bits per heavy atom. The van der Waals surface area contributed by atoms with Gasteiger partial charge in [0, 0.05) is 16.4 Å². The molecular weight excluding hydrogens is 478 g/mol. The minimum absolute atomic E-state index is 0.134. The molecule has 0 saturated carbocycles. The number of hydrogen-bond donors (Lipinski definition) is 0. The van der Waals surface area contributed by atoms with Gasteiger partial charge in [0.25, 0.3) is 5.56 Å². The van der Waals surface area contributed by atoms with Crippen LogP contribution in [0.25, 0.3) is 16.7 Å². The molecule has 2 aromatic carbocycles. The van der Waals surface area contributed by atoms with Gasteiger partial charge < -0.3 is 9.47 Å². The van der Waals surface area contributed by atoms with Gasteiger partial charge in [-0.25, -0.2) is 14.5 Å². The van der Waals surface area contributed by atoms with Crippen molar-refractivity contribution in [2.24, 2.45) is 0 Å². The molecule has 0 amide bonds. The molecule has 0 unspecified atom stereocenters. The second-order valence-corrected chi connectivity index (χ2v) is 8.92. The summed E-state index contributed by atoms with van der Waals surface area (Å²) in [4.78, 5) is 22.6. The maximum Gasteiger partial charge on any atom is 0.267 e. The van der Waals surface area contributed by atoms with Crippen molar-refractivity contribution >= 4 is 38.6 Å². The van der Waals surface area contributed by atoms with Crippen LogP contribution in [-0.4, -0.2) is 27.7 Å². The molecule has 1 aliphatic rings. The Labute approximate surface area is 191 Å². The predicted octanol–water partition coefficient (Wildman–Crippen LogP) is 4.92. The van der Waals surface area contributed by atoms with Crippen LogP contribution in [0, 0.1) is 6.92 Å². The van der Waals surface area contributed by atoms with E-state index in [2.05, 4.69) is 20.9 Å². The second-order valence-electron chi connectivity index (χ2n) is 7.12. The third kappa shape index (κ3) is 3.93. The number of thioether (sulfide) groups is 1. The van der Waals surface area contributed by atoms with Gasteiger partial charge >= 0.3 is 0 Å². The van der Waals surface area contributed by atoms with Crippen LogP contribution >= 0.6 is 27.7 Å². The summed E-state index contributed by atoms with van der Waals surface area (Å²) in [7, 11) is 0. The number of ether oxygens (including phenoxy) is 2. The number of aryl methyl sites for hydroxylation is 1. The number of aromatic nitrogens is 3. The number of pyridine rings is 1. The highest BCUT2D eigenvalue weighted by molar-refractivity contribution is 9.10. The zero-order valence-corrected chi connectivity index (χ0v) is 19.1. The van der Waals surface area contributed by atoms with Crippen molar-refractivity contribution in [2.75, 3.05) is 13.2 Å². The summed E-state index contributed by atoms with van der Waals surface area (Å²) in [6.07, 6.45) is 1.75. The lowest BCUT2D eigenvalue weighted by atomic mass is 10.2. The summed E-state index contributed by atoms with van der Waals surface area (Å²) >= 11 is 5.10. The second kappa shape index (κ2) is 8.36. The van der Waals surface area contributed by atoms with Gasteiger partial charge in [0.15, 0.2) is 16.7 Å². The first-order chi connectivity index (χ1) is 15.1. The van der Waals surface area contributed by atoms with E-state index in [4.69, 9.17) is 14.5 Å². The lowest BCUT2D eigenvalue weighted by Gasteiger charge is -2.20. The van der Waals surface area contributed by atoms with Gasteiger partial charge in [-0.3, -0.25) is 4.79 Å². The van der Waals surface area contributed by atoms with Gasteiger partial charge in [-0.1, -0.05) is 45.9 Å². The number of nitrogens with zero attached hydrogens (tertiary/aromatic N) is 3. The van der Waals surface area contributed by atoms with Crippen LogP contribution in [0.2, 0.25) is 0 Å². The van der Waals surface area contributed by atoms with Crippen molar-refractivity contribution in [1.82, 2.24) is 14.5 Å². The highest BCUT2D eigenvalue weighted by Crippen LogP contribution is 2.37. The molecule has 6 nitrogen and oxygen atoms in total. The fraction of sp³-hybridized carbons (Fsp3) is 0.174. The van der Waals surface area contributed by atoms with Gasteiger partial charge in [0.2, 0.25) is 0 Å². The Morgan fingerprint density at radius 3 is 2.65 bits per heavy atom. The van der Waals surface area contributed by atoms with E-state index in [-0.39, 0.29) is 5.56 Å². The lowest BCUT2D eigenvalue weighted by Crippen LogP contribution is -2.22. The Bertz CT molecular complexity index is 1340. The number of hydrogen-bond acceptors (Lipinski definition) is 6. The van der Waals surface area contributed by atoms with Crippen LogP contribution in [0.1, 0.15) is 11.1 Å². The van der Waals surface area contributed by atoms with Crippen LogP contribution < -0.4 is 15.0 Å². The topological polar surface area (TPSA) is 66.2 Å². The molecule has 0 saturated heterocycles. The Balaban J connectivity index is 1.57. The zero-order chi connectivity index (χ0) is 21.4. The van der Waals surface area contributed by atoms with Gasteiger partial charge in [-0.15, -0.1) is 0 Å². The van der Waals surface area contributed by atoms with Crippen LogP contribution in [0.3, 0.4) is 0 Å². The Kier molecular flexibility index (Phi) is 5.41. The molecule has 0 aliphatic carbocycles. The molecule has 2 aromatic heterocycles. The minimum Gasteiger partial charge on any atom is -0.486 e. The number of fused-ring (bicyclic) bond motifs is 2. The zero-order valence-electron chi connectivity index (χ0n) is 16.7. The summed E-state index contributed by atoms with van der Waals surface area (Å²) in [5, 5.41) is 1.15. The molecule has 0 spiro atoms. The maximum absolute atomic E-state index is 13.3. The SMILES string of the molecule is Cc1ccc(-n2c(SCc3cc4c(cc3Br)OCCO4)nc3ccccc3c2=O)nc1. The predicted molar refractivity (Wildman–Crippen MR) is 125 cm³/mol. The van der Waals surface area contributed by atoms with Crippen molar-refractivity contribution in [2.45, 2.75) is 17.8 Å². The highest BCUT2D eigenvalue weighted by atomic mass is 79.9. The van der Waals surface area contributed by atoms with E-state index in [0.29, 0.717) is 40.8 Å². The number of para-hydroxylation sites is 1. The monoisotopic (exact) mass is 495 g/mol. The van der Waals surface area contributed by atoms with Crippen molar-refractivity contribution < 1.29 is 9.47 Å². The number of halogens is 1. The van der Waals surface area contributed by atoms with Gasteiger partial charge in [-0.2, -0.15) is 0 Å². The van der Waals surface area contributed by atoms with E-state index >= 15 is 0 Å². The molecule has 1 aliphatic heterocycles. The first kappa shape index (κ1) is 20.1. The molecule has 5 rings (SSSR count). The van der Waals surface area contributed by atoms with Crippen LogP contribution in [0.15, 0.2) is 69.2 Å².